The Morgan fingerprint density at radius 3 is 2.60 bits per heavy atom. The molecule has 0 bridgehead atoms. The summed E-state index contributed by atoms with van der Waals surface area (Å²) < 4.78 is 27.0. The van der Waals surface area contributed by atoms with Gasteiger partial charge in [0.15, 0.2) is 17.6 Å². The molecule has 1 aromatic carbocycles. The zero-order valence-electron chi connectivity index (χ0n) is 18.3. The van der Waals surface area contributed by atoms with Crippen molar-refractivity contribution in [1.82, 2.24) is 14.7 Å². The van der Waals surface area contributed by atoms with Gasteiger partial charge in [0, 0.05) is 57.6 Å². The number of likely N-dealkylation sites (N-methyl/N-ethyl adjacent to an activating group) is 1. The zero-order valence-corrected chi connectivity index (χ0v) is 18.3. The number of rotatable bonds is 6. The molecule has 1 aromatic rings. The van der Waals surface area contributed by atoms with Crippen molar-refractivity contribution in [2.24, 2.45) is 16.8 Å². The van der Waals surface area contributed by atoms with Crippen LogP contribution in [0.4, 0.5) is 14.5 Å². The molecule has 3 aliphatic rings. The summed E-state index contributed by atoms with van der Waals surface area (Å²) in [5, 5.41) is 3.27. The monoisotopic (exact) mass is 419 g/mol. The number of nitrogens with one attached hydrogen (secondary N) is 1. The number of anilines is 1. The molecule has 4 rings (SSSR count). The van der Waals surface area contributed by atoms with Crippen molar-refractivity contribution in [1.29, 1.82) is 0 Å². The van der Waals surface area contributed by atoms with Gasteiger partial charge in [-0.25, -0.2) is 8.78 Å². The highest BCUT2D eigenvalue weighted by atomic mass is 19.2. The van der Waals surface area contributed by atoms with Crippen LogP contribution in [0.2, 0.25) is 0 Å². The topological polar surface area (TPSA) is 34.1 Å². The van der Waals surface area contributed by atoms with Crippen LogP contribution in [0.1, 0.15) is 32.1 Å². The lowest BCUT2D eigenvalue weighted by atomic mass is 9.94. The fourth-order valence-corrected chi connectivity index (χ4v) is 5.07. The smallest absolute Gasteiger partial charge is 0.198 e. The number of hydrogen-bond acceptors (Lipinski definition) is 3. The molecule has 2 saturated carbocycles. The van der Waals surface area contributed by atoms with Gasteiger partial charge in [-0.1, -0.05) is 0 Å². The Hall–Kier alpha value is -1.73. The number of aliphatic imine (C=N–C) groups is 1. The lowest BCUT2D eigenvalue weighted by Gasteiger charge is -2.38. The molecule has 30 heavy (non-hydrogen) atoms. The number of guanidine groups is 1. The predicted octanol–water partition coefficient (Wildman–Crippen LogP) is 3.49. The lowest BCUT2D eigenvalue weighted by molar-refractivity contribution is 0.145. The molecule has 3 unspecified atom stereocenters. The maximum absolute atomic E-state index is 13.7. The van der Waals surface area contributed by atoms with Crippen LogP contribution in [-0.2, 0) is 0 Å². The van der Waals surface area contributed by atoms with Crippen molar-refractivity contribution >= 4 is 11.6 Å². The van der Waals surface area contributed by atoms with Gasteiger partial charge >= 0.3 is 0 Å². The molecule has 0 aromatic heterocycles. The number of halogens is 2. The summed E-state index contributed by atoms with van der Waals surface area (Å²) >= 11 is 0. The average Bonchev–Trinajstić information content (AvgIpc) is 3.52. The van der Waals surface area contributed by atoms with Crippen LogP contribution in [0.25, 0.3) is 0 Å². The molecule has 166 valence electrons. The van der Waals surface area contributed by atoms with Gasteiger partial charge in [-0.15, -0.1) is 0 Å². The molecule has 1 heterocycles. The molecule has 2 aliphatic carbocycles. The van der Waals surface area contributed by atoms with E-state index in [-0.39, 0.29) is 0 Å². The van der Waals surface area contributed by atoms with E-state index in [1.54, 1.807) is 13.1 Å². The number of nitrogens with zero attached hydrogens (tertiary/aromatic N) is 4. The molecular weight excluding hydrogens is 384 g/mol. The maximum atomic E-state index is 13.7. The minimum Gasteiger partial charge on any atom is -0.340 e. The number of fused-ring (bicyclic) bond motifs is 1. The van der Waals surface area contributed by atoms with E-state index in [1.807, 2.05) is 0 Å². The van der Waals surface area contributed by atoms with Gasteiger partial charge in [0.1, 0.15) is 0 Å². The summed E-state index contributed by atoms with van der Waals surface area (Å²) in [7, 11) is 3.96. The molecule has 0 radical (unpaired) electrons. The van der Waals surface area contributed by atoms with Crippen molar-refractivity contribution in [2.75, 3.05) is 58.7 Å². The van der Waals surface area contributed by atoms with Gasteiger partial charge in [-0.05, 0) is 69.7 Å². The molecule has 0 spiro atoms. The maximum Gasteiger partial charge on any atom is 0.198 e. The highest BCUT2D eigenvalue weighted by Gasteiger charge is 2.43. The third-order valence-corrected chi connectivity index (χ3v) is 7.08. The Labute approximate surface area is 179 Å². The van der Waals surface area contributed by atoms with Gasteiger partial charge < -0.3 is 20.0 Å². The van der Waals surface area contributed by atoms with Crippen LogP contribution in [0.5, 0.6) is 0 Å². The van der Waals surface area contributed by atoms with E-state index >= 15 is 0 Å². The summed E-state index contributed by atoms with van der Waals surface area (Å²) in [4.78, 5) is 11.8. The first-order valence-corrected chi connectivity index (χ1v) is 11.4. The Kier molecular flexibility index (Phi) is 6.88. The van der Waals surface area contributed by atoms with E-state index in [0.29, 0.717) is 11.7 Å². The fraction of sp³-hybridized carbons (Fsp3) is 0.696. The molecule has 1 aliphatic heterocycles. The minimum absolute atomic E-state index is 0.470. The molecular formula is C23H35F2N5. The SMILES string of the molecule is CN=C(Nc1ccc(F)c(F)c1)N(CCCN1CCN(C)CC1)C1CCC2CC2C1. The normalized spacial score (nSPS) is 27.6. The fourth-order valence-electron chi connectivity index (χ4n) is 5.07. The Morgan fingerprint density at radius 2 is 1.90 bits per heavy atom. The van der Waals surface area contributed by atoms with E-state index in [4.69, 9.17) is 0 Å². The summed E-state index contributed by atoms with van der Waals surface area (Å²) in [6.45, 7) is 6.55. The van der Waals surface area contributed by atoms with Crippen LogP contribution in [0.15, 0.2) is 23.2 Å². The predicted molar refractivity (Wildman–Crippen MR) is 118 cm³/mol. The molecule has 5 nitrogen and oxygen atoms in total. The van der Waals surface area contributed by atoms with Crippen molar-refractivity contribution in [3.63, 3.8) is 0 Å². The Bertz CT molecular complexity index is 747. The summed E-state index contributed by atoms with van der Waals surface area (Å²) in [5.74, 6) is 0.908. The first-order valence-electron chi connectivity index (χ1n) is 11.4. The van der Waals surface area contributed by atoms with E-state index < -0.39 is 11.6 Å². The van der Waals surface area contributed by atoms with Crippen LogP contribution in [0, 0.1) is 23.5 Å². The highest BCUT2D eigenvalue weighted by molar-refractivity contribution is 5.93. The van der Waals surface area contributed by atoms with Crippen molar-refractivity contribution in [2.45, 2.75) is 38.1 Å². The van der Waals surface area contributed by atoms with Gasteiger partial charge in [0.25, 0.3) is 0 Å². The van der Waals surface area contributed by atoms with Crippen LogP contribution < -0.4 is 5.32 Å². The van der Waals surface area contributed by atoms with Crippen LogP contribution >= 0.6 is 0 Å². The molecule has 1 N–H and O–H groups in total. The Balaban J connectivity index is 1.40. The lowest BCUT2D eigenvalue weighted by Crippen LogP contribution is -2.48. The second kappa shape index (κ2) is 9.60. The van der Waals surface area contributed by atoms with Gasteiger partial charge in [-0.3, -0.25) is 4.99 Å². The number of benzene rings is 1. The molecule has 7 heteroatoms. The molecule has 0 amide bonds. The van der Waals surface area contributed by atoms with Gasteiger partial charge in [0.05, 0.1) is 0 Å². The van der Waals surface area contributed by atoms with E-state index in [2.05, 4.69) is 32.1 Å². The van der Waals surface area contributed by atoms with Crippen LogP contribution in [-0.4, -0.2) is 80.1 Å². The third-order valence-electron chi connectivity index (χ3n) is 7.08. The van der Waals surface area contributed by atoms with Crippen molar-refractivity contribution < 1.29 is 8.78 Å². The average molecular weight is 420 g/mol. The van der Waals surface area contributed by atoms with E-state index in [0.717, 1.165) is 69.6 Å². The quantitative estimate of drug-likeness (QED) is 0.565. The number of piperazine rings is 1. The van der Waals surface area contributed by atoms with E-state index in [9.17, 15) is 8.78 Å². The standard InChI is InChI=1S/C23H35F2N5/c1-26-23(27-19-5-7-21(24)22(25)16-19)30(20-6-4-17-14-18(17)15-20)9-3-8-29-12-10-28(2)11-13-29/h5,7,16-18,20H,3-4,6,8-15H2,1-2H3,(H,26,27). The van der Waals surface area contributed by atoms with E-state index in [1.165, 1.54) is 31.7 Å². The molecule has 3 fully saturated rings. The van der Waals surface area contributed by atoms with Crippen LogP contribution in [0.3, 0.4) is 0 Å². The first-order chi connectivity index (χ1) is 14.5. The molecule has 3 atom stereocenters. The largest absolute Gasteiger partial charge is 0.340 e. The second-order valence-electron chi connectivity index (χ2n) is 9.22. The van der Waals surface area contributed by atoms with Gasteiger partial charge in [0.2, 0.25) is 0 Å². The van der Waals surface area contributed by atoms with Crippen molar-refractivity contribution in [3.8, 4) is 0 Å². The highest BCUT2D eigenvalue weighted by Crippen LogP contribution is 2.50. The Morgan fingerprint density at radius 1 is 1.10 bits per heavy atom. The second-order valence-corrected chi connectivity index (χ2v) is 9.22. The number of hydrogen-bond donors (Lipinski definition) is 1. The zero-order chi connectivity index (χ0) is 21.1. The summed E-state index contributed by atoms with van der Waals surface area (Å²) in [5.41, 5.74) is 0.540. The van der Waals surface area contributed by atoms with Crippen molar-refractivity contribution in [3.05, 3.63) is 29.8 Å². The minimum atomic E-state index is -0.837. The third kappa shape index (κ3) is 5.30. The summed E-state index contributed by atoms with van der Waals surface area (Å²) in [6.07, 6.45) is 6.16. The van der Waals surface area contributed by atoms with Gasteiger partial charge in [-0.2, -0.15) is 0 Å². The molecule has 1 saturated heterocycles. The first kappa shape index (κ1) is 21.5. The summed E-state index contributed by atoms with van der Waals surface area (Å²) in [6, 6.07) is 4.42.